The predicted octanol–water partition coefficient (Wildman–Crippen LogP) is 3.29. The van der Waals surface area contributed by atoms with Crippen LogP contribution >= 0.6 is 23.4 Å². The maximum absolute atomic E-state index is 6.12. The van der Waals surface area contributed by atoms with Crippen LogP contribution in [0.5, 0.6) is 0 Å². The SMILES string of the molecule is CSc1cc(Cl)cc(N2CCOC[C@H]2C)c1. The van der Waals surface area contributed by atoms with E-state index in [2.05, 4.69) is 24.1 Å². The number of rotatable bonds is 2. The highest BCUT2D eigenvalue weighted by Gasteiger charge is 2.19. The van der Waals surface area contributed by atoms with E-state index in [1.807, 2.05) is 12.1 Å². The van der Waals surface area contributed by atoms with Gasteiger partial charge < -0.3 is 9.64 Å². The van der Waals surface area contributed by atoms with Crippen molar-refractivity contribution >= 4 is 29.1 Å². The van der Waals surface area contributed by atoms with Gasteiger partial charge in [0.05, 0.1) is 13.2 Å². The first-order valence-corrected chi connectivity index (χ1v) is 7.00. The van der Waals surface area contributed by atoms with E-state index >= 15 is 0 Å². The van der Waals surface area contributed by atoms with Crippen LogP contribution in [-0.4, -0.2) is 32.1 Å². The van der Waals surface area contributed by atoms with Crippen molar-refractivity contribution in [1.82, 2.24) is 0 Å². The van der Waals surface area contributed by atoms with Crippen LogP contribution in [0, 0.1) is 0 Å². The molecule has 0 radical (unpaired) electrons. The summed E-state index contributed by atoms with van der Waals surface area (Å²) in [4.78, 5) is 3.57. The van der Waals surface area contributed by atoms with Crippen molar-refractivity contribution in [3.63, 3.8) is 0 Å². The molecule has 1 saturated heterocycles. The summed E-state index contributed by atoms with van der Waals surface area (Å²) in [5.74, 6) is 0. The molecule has 0 aliphatic carbocycles. The van der Waals surface area contributed by atoms with Gasteiger partial charge in [0, 0.05) is 28.2 Å². The number of ether oxygens (including phenoxy) is 1. The molecule has 1 fully saturated rings. The van der Waals surface area contributed by atoms with Crippen LogP contribution in [0.25, 0.3) is 0 Å². The fourth-order valence-corrected chi connectivity index (χ4v) is 2.72. The quantitative estimate of drug-likeness (QED) is 0.755. The van der Waals surface area contributed by atoms with Crippen molar-refractivity contribution in [2.75, 3.05) is 30.9 Å². The summed E-state index contributed by atoms with van der Waals surface area (Å²) in [5, 5.41) is 0.806. The van der Waals surface area contributed by atoms with Gasteiger partial charge in [0.15, 0.2) is 0 Å². The molecule has 2 rings (SSSR count). The van der Waals surface area contributed by atoms with Gasteiger partial charge in [-0.1, -0.05) is 11.6 Å². The third-order valence-corrected chi connectivity index (χ3v) is 3.72. The predicted molar refractivity (Wildman–Crippen MR) is 70.9 cm³/mol. The van der Waals surface area contributed by atoms with Crippen molar-refractivity contribution < 1.29 is 4.74 Å². The van der Waals surface area contributed by atoms with E-state index in [0.29, 0.717) is 6.04 Å². The number of anilines is 1. The van der Waals surface area contributed by atoms with E-state index in [1.165, 1.54) is 10.6 Å². The number of halogens is 1. The molecule has 2 nitrogen and oxygen atoms in total. The molecule has 1 aliphatic rings. The van der Waals surface area contributed by atoms with Crippen LogP contribution in [0.15, 0.2) is 23.1 Å². The Balaban J connectivity index is 2.27. The third kappa shape index (κ3) is 2.65. The van der Waals surface area contributed by atoms with Crippen molar-refractivity contribution in [3.8, 4) is 0 Å². The van der Waals surface area contributed by atoms with E-state index in [-0.39, 0.29) is 0 Å². The van der Waals surface area contributed by atoms with Gasteiger partial charge in [-0.05, 0) is 31.4 Å². The maximum Gasteiger partial charge on any atom is 0.0668 e. The molecule has 1 heterocycles. The Hall–Kier alpha value is -0.380. The summed E-state index contributed by atoms with van der Waals surface area (Å²) < 4.78 is 5.44. The first-order valence-electron chi connectivity index (χ1n) is 5.39. The van der Waals surface area contributed by atoms with Crippen molar-refractivity contribution in [2.45, 2.75) is 17.9 Å². The molecule has 0 spiro atoms. The number of nitrogens with zero attached hydrogens (tertiary/aromatic N) is 1. The Bertz CT molecular complexity index is 372. The normalized spacial score (nSPS) is 21.2. The average molecular weight is 258 g/mol. The largest absolute Gasteiger partial charge is 0.377 e. The van der Waals surface area contributed by atoms with E-state index in [9.17, 15) is 0 Å². The molecule has 0 aromatic heterocycles. The van der Waals surface area contributed by atoms with Crippen molar-refractivity contribution in [1.29, 1.82) is 0 Å². The van der Waals surface area contributed by atoms with Gasteiger partial charge >= 0.3 is 0 Å². The lowest BCUT2D eigenvalue weighted by atomic mass is 10.2. The summed E-state index contributed by atoms with van der Waals surface area (Å²) in [5.41, 5.74) is 1.20. The van der Waals surface area contributed by atoms with Gasteiger partial charge in [-0.2, -0.15) is 0 Å². The second kappa shape index (κ2) is 5.30. The molecular weight excluding hydrogens is 242 g/mol. The van der Waals surface area contributed by atoms with Gasteiger partial charge in [0.2, 0.25) is 0 Å². The second-order valence-corrected chi connectivity index (χ2v) is 5.28. The lowest BCUT2D eigenvalue weighted by Crippen LogP contribution is -2.43. The van der Waals surface area contributed by atoms with Crippen LogP contribution in [0.1, 0.15) is 6.92 Å². The molecule has 0 N–H and O–H groups in total. The Morgan fingerprint density at radius 1 is 1.44 bits per heavy atom. The molecule has 0 unspecified atom stereocenters. The summed E-state index contributed by atoms with van der Waals surface area (Å²) in [7, 11) is 0. The minimum atomic E-state index is 0.418. The molecule has 0 amide bonds. The monoisotopic (exact) mass is 257 g/mol. The molecule has 4 heteroatoms. The fraction of sp³-hybridized carbons (Fsp3) is 0.500. The standard InChI is InChI=1S/C12H16ClNOS/c1-9-8-15-4-3-14(9)11-5-10(13)6-12(7-11)16-2/h5-7,9H,3-4,8H2,1-2H3/t9-/m1/s1. The van der Waals surface area contributed by atoms with Gasteiger partial charge in [-0.3, -0.25) is 0 Å². The van der Waals surface area contributed by atoms with E-state index < -0.39 is 0 Å². The minimum Gasteiger partial charge on any atom is -0.377 e. The van der Waals surface area contributed by atoms with Gasteiger partial charge in [-0.25, -0.2) is 0 Å². The average Bonchev–Trinajstić information content (AvgIpc) is 2.28. The number of hydrogen-bond acceptors (Lipinski definition) is 3. The van der Waals surface area contributed by atoms with Crippen LogP contribution in [0.2, 0.25) is 5.02 Å². The number of morpholine rings is 1. The molecule has 1 aromatic rings. The molecule has 1 atom stereocenters. The first kappa shape index (κ1) is 12.1. The Kier molecular flexibility index (Phi) is 4.00. The topological polar surface area (TPSA) is 12.5 Å². The van der Waals surface area contributed by atoms with Crippen LogP contribution < -0.4 is 4.90 Å². The Labute approximate surface area is 106 Å². The molecule has 16 heavy (non-hydrogen) atoms. The van der Waals surface area contributed by atoms with Crippen LogP contribution in [0.4, 0.5) is 5.69 Å². The number of hydrogen-bond donors (Lipinski definition) is 0. The lowest BCUT2D eigenvalue weighted by molar-refractivity contribution is 0.0989. The summed E-state index contributed by atoms with van der Waals surface area (Å²) in [6, 6.07) is 6.64. The zero-order chi connectivity index (χ0) is 11.5. The molecule has 1 aliphatic heterocycles. The fourth-order valence-electron chi connectivity index (χ4n) is 1.94. The smallest absolute Gasteiger partial charge is 0.0668 e. The lowest BCUT2D eigenvalue weighted by Gasteiger charge is -2.35. The zero-order valence-electron chi connectivity index (χ0n) is 9.57. The highest BCUT2D eigenvalue weighted by atomic mass is 35.5. The van der Waals surface area contributed by atoms with Gasteiger partial charge in [0.25, 0.3) is 0 Å². The van der Waals surface area contributed by atoms with E-state index in [1.54, 1.807) is 11.8 Å². The minimum absolute atomic E-state index is 0.418. The summed E-state index contributed by atoms with van der Waals surface area (Å²) in [6.45, 7) is 4.71. The van der Waals surface area contributed by atoms with E-state index in [4.69, 9.17) is 16.3 Å². The highest BCUT2D eigenvalue weighted by molar-refractivity contribution is 7.98. The number of thioether (sulfide) groups is 1. The second-order valence-electron chi connectivity index (χ2n) is 3.97. The molecule has 0 saturated carbocycles. The Morgan fingerprint density at radius 3 is 2.94 bits per heavy atom. The highest BCUT2D eigenvalue weighted by Crippen LogP contribution is 2.29. The van der Waals surface area contributed by atoms with Crippen molar-refractivity contribution in [3.05, 3.63) is 23.2 Å². The third-order valence-electron chi connectivity index (χ3n) is 2.79. The van der Waals surface area contributed by atoms with Crippen LogP contribution in [0.3, 0.4) is 0 Å². The Morgan fingerprint density at radius 2 is 2.25 bits per heavy atom. The summed E-state index contributed by atoms with van der Waals surface area (Å²) in [6.07, 6.45) is 2.07. The van der Waals surface area contributed by atoms with Gasteiger partial charge in [0.1, 0.15) is 0 Å². The molecule has 88 valence electrons. The first-order chi connectivity index (χ1) is 7.70. The van der Waals surface area contributed by atoms with Crippen molar-refractivity contribution in [2.24, 2.45) is 0 Å². The molecular formula is C12H16ClNOS. The summed E-state index contributed by atoms with van der Waals surface area (Å²) >= 11 is 7.84. The molecule has 0 bridgehead atoms. The maximum atomic E-state index is 6.12. The van der Waals surface area contributed by atoms with E-state index in [0.717, 1.165) is 24.8 Å². The zero-order valence-corrected chi connectivity index (χ0v) is 11.1. The van der Waals surface area contributed by atoms with Gasteiger partial charge in [-0.15, -0.1) is 11.8 Å². The molecule has 1 aromatic carbocycles. The van der Waals surface area contributed by atoms with Crippen LogP contribution in [-0.2, 0) is 4.74 Å². The number of benzene rings is 1.